The van der Waals surface area contributed by atoms with Crippen LogP contribution in [-0.4, -0.2) is 49.1 Å². The topological polar surface area (TPSA) is 91.9 Å². The molecular formula is C34H43ClN4O4. The number of halogens is 1. The first-order valence-electron chi connectivity index (χ1n) is 15.4. The Labute approximate surface area is 260 Å². The highest BCUT2D eigenvalue weighted by Gasteiger charge is 2.20. The van der Waals surface area contributed by atoms with Crippen molar-refractivity contribution in [2.24, 2.45) is 0 Å². The van der Waals surface area contributed by atoms with E-state index in [0.717, 1.165) is 50.9 Å². The van der Waals surface area contributed by atoms with Crippen LogP contribution in [0, 0.1) is 0 Å². The molecule has 1 saturated heterocycles. The number of unbranched alkanes of at least 4 members (excludes halogenated alkanes) is 3. The number of anilines is 2. The lowest BCUT2D eigenvalue weighted by atomic mass is 10.1. The minimum atomic E-state index is -0.267. The van der Waals surface area contributed by atoms with Crippen molar-refractivity contribution in [3.63, 3.8) is 0 Å². The Morgan fingerprint density at radius 1 is 0.837 bits per heavy atom. The second-order valence-electron chi connectivity index (χ2n) is 10.9. The van der Waals surface area contributed by atoms with Gasteiger partial charge in [0.05, 0.1) is 5.02 Å². The number of rotatable bonds is 14. The fourth-order valence-corrected chi connectivity index (χ4v) is 5.08. The fourth-order valence-electron chi connectivity index (χ4n) is 4.86. The van der Waals surface area contributed by atoms with Crippen LogP contribution in [0.25, 0.3) is 0 Å². The summed E-state index contributed by atoms with van der Waals surface area (Å²) in [5, 5.41) is 8.89. The summed E-state index contributed by atoms with van der Waals surface area (Å²) in [4.78, 5) is 27.4. The van der Waals surface area contributed by atoms with Gasteiger partial charge in [-0.2, -0.15) is 0 Å². The third-order valence-electron chi connectivity index (χ3n) is 7.38. The van der Waals surface area contributed by atoms with Crippen molar-refractivity contribution in [3.8, 4) is 17.2 Å². The maximum atomic E-state index is 12.8. The van der Waals surface area contributed by atoms with Crippen LogP contribution in [0.1, 0.15) is 69.2 Å². The van der Waals surface area contributed by atoms with Gasteiger partial charge in [0.1, 0.15) is 23.4 Å². The van der Waals surface area contributed by atoms with Gasteiger partial charge in [-0.05, 0) is 99.0 Å². The Bertz CT molecular complexity index is 1310. The van der Waals surface area contributed by atoms with Gasteiger partial charge in [0.15, 0.2) is 0 Å². The van der Waals surface area contributed by atoms with E-state index in [1.165, 1.54) is 19.4 Å². The molecule has 230 valence electrons. The predicted molar refractivity (Wildman–Crippen MR) is 174 cm³/mol. The molecule has 1 fully saturated rings. The average Bonchev–Trinajstić information content (AvgIpc) is 3.01. The highest BCUT2D eigenvalue weighted by atomic mass is 35.5. The van der Waals surface area contributed by atoms with Crippen LogP contribution < -0.4 is 25.4 Å². The van der Waals surface area contributed by atoms with Crippen molar-refractivity contribution in [1.82, 2.24) is 10.2 Å². The lowest BCUT2D eigenvalue weighted by molar-refractivity contribution is 0.0996. The molecule has 0 saturated carbocycles. The van der Waals surface area contributed by atoms with E-state index in [-0.39, 0.29) is 18.0 Å². The normalized spacial score (nSPS) is 13.7. The molecule has 8 nitrogen and oxygen atoms in total. The number of piperidine rings is 1. The van der Waals surface area contributed by atoms with E-state index < -0.39 is 0 Å². The Hall–Kier alpha value is -3.75. The molecule has 0 bridgehead atoms. The van der Waals surface area contributed by atoms with E-state index in [1.807, 2.05) is 12.1 Å². The number of benzene rings is 3. The molecule has 0 aliphatic carbocycles. The van der Waals surface area contributed by atoms with Crippen molar-refractivity contribution < 1.29 is 19.1 Å². The molecule has 3 aromatic carbocycles. The fraction of sp³-hybridized carbons (Fsp3) is 0.412. The number of nitrogens with zero attached hydrogens (tertiary/aromatic N) is 1. The maximum Gasteiger partial charge on any atom is 0.319 e. The van der Waals surface area contributed by atoms with Crippen molar-refractivity contribution in [1.29, 1.82) is 0 Å². The molecule has 0 atom stereocenters. The molecule has 1 aliphatic heterocycles. The zero-order chi connectivity index (χ0) is 30.4. The molecule has 1 aliphatic rings. The first-order valence-corrected chi connectivity index (χ1v) is 15.7. The summed E-state index contributed by atoms with van der Waals surface area (Å²) >= 11 is 6.40. The average molecular weight is 607 g/mol. The zero-order valence-corrected chi connectivity index (χ0v) is 25.9. The number of hydrogen-bond donors (Lipinski definition) is 3. The van der Waals surface area contributed by atoms with Gasteiger partial charge in [-0.25, -0.2) is 4.79 Å². The van der Waals surface area contributed by atoms with Crippen LogP contribution in [0.2, 0.25) is 5.02 Å². The number of carbonyl (C=O) groups is 2. The van der Waals surface area contributed by atoms with Crippen LogP contribution >= 0.6 is 11.6 Å². The van der Waals surface area contributed by atoms with E-state index >= 15 is 0 Å². The quantitative estimate of drug-likeness (QED) is 0.160. The molecule has 3 amide bonds. The highest BCUT2D eigenvalue weighted by Crippen LogP contribution is 2.32. The van der Waals surface area contributed by atoms with Gasteiger partial charge in [0.2, 0.25) is 0 Å². The number of nitrogens with one attached hydrogen (secondary N) is 3. The molecule has 43 heavy (non-hydrogen) atoms. The predicted octanol–water partition coefficient (Wildman–Crippen LogP) is 8.34. The van der Waals surface area contributed by atoms with Crippen molar-refractivity contribution in [2.45, 2.75) is 64.9 Å². The third kappa shape index (κ3) is 10.5. The molecule has 0 unspecified atom stereocenters. The zero-order valence-electron chi connectivity index (χ0n) is 25.2. The van der Waals surface area contributed by atoms with E-state index in [2.05, 4.69) is 34.7 Å². The largest absolute Gasteiger partial charge is 0.490 e. The molecule has 3 N–H and O–H groups in total. The molecule has 9 heteroatoms. The Morgan fingerprint density at radius 2 is 1.51 bits per heavy atom. The maximum absolute atomic E-state index is 12.8. The third-order valence-corrected chi connectivity index (χ3v) is 7.67. The summed E-state index contributed by atoms with van der Waals surface area (Å²) in [7, 11) is 0. The second kappa shape index (κ2) is 16.8. The van der Waals surface area contributed by atoms with Crippen molar-refractivity contribution in [3.05, 3.63) is 77.3 Å². The van der Waals surface area contributed by atoms with Gasteiger partial charge in [0.25, 0.3) is 5.91 Å². The smallest absolute Gasteiger partial charge is 0.319 e. The molecule has 0 radical (unpaired) electrons. The number of hydrogen-bond acceptors (Lipinski definition) is 5. The summed E-state index contributed by atoms with van der Waals surface area (Å²) in [6, 6.07) is 19.2. The van der Waals surface area contributed by atoms with E-state index in [0.29, 0.717) is 40.0 Å². The second-order valence-corrected chi connectivity index (χ2v) is 11.3. The minimum absolute atomic E-state index is 0.204. The number of ether oxygens (including phenoxy) is 2. The molecule has 0 spiro atoms. The van der Waals surface area contributed by atoms with Gasteiger partial charge in [-0.1, -0.05) is 44.7 Å². The van der Waals surface area contributed by atoms with Gasteiger partial charge >= 0.3 is 6.03 Å². The molecule has 3 aromatic rings. The summed E-state index contributed by atoms with van der Waals surface area (Å²) < 4.78 is 12.1. The Kier molecular flexibility index (Phi) is 12.5. The van der Waals surface area contributed by atoms with Gasteiger partial charge < -0.3 is 30.3 Å². The van der Waals surface area contributed by atoms with Gasteiger partial charge in [0, 0.05) is 36.6 Å². The summed E-state index contributed by atoms with van der Waals surface area (Å²) in [5.41, 5.74) is 1.77. The minimum Gasteiger partial charge on any atom is -0.490 e. The van der Waals surface area contributed by atoms with Crippen LogP contribution in [-0.2, 0) is 0 Å². The molecular weight excluding hydrogens is 564 g/mol. The first-order chi connectivity index (χ1) is 20.9. The number of carbonyl (C=O) groups excluding carboxylic acids is 2. The number of amides is 3. The molecule has 1 heterocycles. The molecule has 4 rings (SSSR count). The standard InChI is InChI=1S/C34H43ClN4O4/c1-3-5-7-20-36-34(41)38-27-12-17-32(31(35)24-27)43-29-15-10-26(11-16-29)37-33(40)25-8-13-28(14-9-25)42-30-18-22-39(23-19-30)21-6-4-2/h8-17,24,30H,3-7,18-23H2,1-2H3,(H,37,40)(H2,36,38,41). The lowest BCUT2D eigenvalue weighted by Gasteiger charge is -2.32. The van der Waals surface area contributed by atoms with Crippen LogP contribution in [0.15, 0.2) is 66.7 Å². The Morgan fingerprint density at radius 3 is 2.19 bits per heavy atom. The summed E-state index contributed by atoms with van der Waals surface area (Å²) in [5.74, 6) is 1.60. The van der Waals surface area contributed by atoms with E-state index in [1.54, 1.807) is 54.6 Å². The number of urea groups is 1. The van der Waals surface area contributed by atoms with Gasteiger partial charge in [-0.3, -0.25) is 4.79 Å². The number of likely N-dealkylation sites (tertiary alicyclic amines) is 1. The van der Waals surface area contributed by atoms with Crippen LogP contribution in [0.4, 0.5) is 16.2 Å². The lowest BCUT2D eigenvalue weighted by Crippen LogP contribution is -2.38. The van der Waals surface area contributed by atoms with E-state index in [4.69, 9.17) is 21.1 Å². The van der Waals surface area contributed by atoms with E-state index in [9.17, 15) is 9.59 Å². The summed E-state index contributed by atoms with van der Waals surface area (Å²) in [6.07, 6.45) is 7.86. The monoisotopic (exact) mass is 606 g/mol. The summed E-state index contributed by atoms with van der Waals surface area (Å²) in [6.45, 7) is 8.29. The first kappa shape index (κ1) is 32.2. The highest BCUT2D eigenvalue weighted by molar-refractivity contribution is 6.32. The van der Waals surface area contributed by atoms with Crippen molar-refractivity contribution in [2.75, 3.05) is 36.8 Å². The van der Waals surface area contributed by atoms with Crippen molar-refractivity contribution >= 4 is 34.9 Å². The van der Waals surface area contributed by atoms with Crippen LogP contribution in [0.3, 0.4) is 0 Å². The van der Waals surface area contributed by atoms with Gasteiger partial charge in [-0.15, -0.1) is 0 Å². The SMILES string of the molecule is CCCCCNC(=O)Nc1ccc(Oc2ccc(NC(=O)c3ccc(OC4CCN(CCCC)CC4)cc3)cc2)c(Cl)c1. The Balaban J connectivity index is 1.22. The van der Waals surface area contributed by atoms with Crippen LogP contribution in [0.5, 0.6) is 17.2 Å². The molecule has 0 aromatic heterocycles.